The van der Waals surface area contributed by atoms with Crippen molar-refractivity contribution in [2.24, 2.45) is 0 Å². The molecule has 0 aromatic heterocycles. The number of aromatic hydroxyl groups is 1. The number of phenolic OH excluding ortho intramolecular Hbond substituents is 1. The molecule has 3 heteroatoms. The molecule has 112 valence electrons. The Kier molecular flexibility index (Phi) is 5.30. The van der Waals surface area contributed by atoms with Crippen molar-refractivity contribution in [2.75, 3.05) is 18.5 Å². The summed E-state index contributed by atoms with van der Waals surface area (Å²) in [6.07, 6.45) is 6.35. The number of nitrogens with one attached hydrogen (secondary N) is 1. The maximum atomic E-state index is 10.3. The van der Waals surface area contributed by atoms with E-state index in [1.54, 1.807) is 0 Å². The van der Waals surface area contributed by atoms with Crippen LogP contribution in [0.4, 0.5) is 5.69 Å². The Bertz CT molecular complexity index is 431. The average molecular weight is 276 g/mol. The summed E-state index contributed by atoms with van der Waals surface area (Å²) in [6.45, 7) is 5.43. The number of hydrogen-bond acceptors (Lipinski definition) is 3. The first-order valence-corrected chi connectivity index (χ1v) is 7.94. The highest BCUT2D eigenvalue weighted by molar-refractivity contribution is 5.55. The van der Waals surface area contributed by atoms with E-state index in [-0.39, 0.29) is 6.04 Å². The maximum absolute atomic E-state index is 10.3. The van der Waals surface area contributed by atoms with E-state index in [0.29, 0.717) is 11.8 Å². The molecule has 0 radical (unpaired) electrons. The Balaban J connectivity index is 2.21. The summed E-state index contributed by atoms with van der Waals surface area (Å²) in [4.78, 5) is 2.49. The van der Waals surface area contributed by atoms with Crippen LogP contribution in [0.3, 0.4) is 0 Å². The molecule has 2 atom stereocenters. The molecule has 1 saturated heterocycles. The molecule has 1 aliphatic rings. The monoisotopic (exact) mass is 276 g/mol. The first kappa shape index (κ1) is 15.2. The van der Waals surface area contributed by atoms with E-state index in [0.717, 1.165) is 12.1 Å². The van der Waals surface area contributed by atoms with Gasteiger partial charge in [0.25, 0.3) is 0 Å². The van der Waals surface area contributed by atoms with Crippen molar-refractivity contribution in [1.82, 2.24) is 5.32 Å². The standard InChI is InChI=1S/C17H28N2O/c1-4-7-14-8-5-6-11-19(14)15-9-10-16(13(2)18-3)17(20)12-15/h9-10,12-14,18,20H,4-8,11H2,1-3H3. The largest absolute Gasteiger partial charge is 0.508 e. The first-order valence-electron chi connectivity index (χ1n) is 7.94. The lowest BCUT2D eigenvalue weighted by atomic mass is 9.97. The zero-order valence-electron chi connectivity index (χ0n) is 13.0. The molecule has 2 rings (SSSR count). The van der Waals surface area contributed by atoms with E-state index >= 15 is 0 Å². The second kappa shape index (κ2) is 6.98. The molecule has 2 unspecified atom stereocenters. The van der Waals surface area contributed by atoms with Crippen LogP contribution < -0.4 is 10.2 Å². The summed E-state index contributed by atoms with van der Waals surface area (Å²) >= 11 is 0. The Morgan fingerprint density at radius 3 is 2.85 bits per heavy atom. The Labute approximate surface area is 123 Å². The summed E-state index contributed by atoms with van der Waals surface area (Å²) in [6, 6.07) is 6.98. The second-order valence-corrected chi connectivity index (χ2v) is 5.89. The number of nitrogens with zero attached hydrogens (tertiary/aromatic N) is 1. The topological polar surface area (TPSA) is 35.5 Å². The van der Waals surface area contributed by atoms with Crippen molar-refractivity contribution in [3.8, 4) is 5.75 Å². The van der Waals surface area contributed by atoms with Gasteiger partial charge in [-0.05, 0) is 45.7 Å². The van der Waals surface area contributed by atoms with Gasteiger partial charge in [0.05, 0.1) is 0 Å². The average Bonchev–Trinajstić information content (AvgIpc) is 2.47. The van der Waals surface area contributed by atoms with Crippen LogP contribution in [0.5, 0.6) is 5.75 Å². The van der Waals surface area contributed by atoms with Crippen LogP contribution in [-0.4, -0.2) is 24.7 Å². The maximum Gasteiger partial charge on any atom is 0.122 e. The van der Waals surface area contributed by atoms with Crippen molar-refractivity contribution in [3.05, 3.63) is 23.8 Å². The second-order valence-electron chi connectivity index (χ2n) is 5.89. The van der Waals surface area contributed by atoms with Crippen LogP contribution in [-0.2, 0) is 0 Å². The van der Waals surface area contributed by atoms with Gasteiger partial charge in [0.2, 0.25) is 0 Å². The summed E-state index contributed by atoms with van der Waals surface area (Å²) in [5.74, 6) is 0.408. The SMILES string of the molecule is CCCC1CCCCN1c1ccc(C(C)NC)c(O)c1. The van der Waals surface area contributed by atoms with E-state index < -0.39 is 0 Å². The van der Waals surface area contributed by atoms with Crippen LogP contribution in [0.15, 0.2) is 18.2 Å². The fourth-order valence-electron chi connectivity index (χ4n) is 3.21. The number of hydrogen-bond donors (Lipinski definition) is 2. The van der Waals surface area contributed by atoms with E-state index in [1.807, 2.05) is 13.1 Å². The summed E-state index contributed by atoms with van der Waals surface area (Å²) < 4.78 is 0. The van der Waals surface area contributed by atoms with Gasteiger partial charge in [0, 0.05) is 35.9 Å². The van der Waals surface area contributed by atoms with Gasteiger partial charge in [0.1, 0.15) is 5.75 Å². The molecule has 0 amide bonds. The van der Waals surface area contributed by atoms with E-state index in [4.69, 9.17) is 0 Å². The van der Waals surface area contributed by atoms with Crippen molar-refractivity contribution in [1.29, 1.82) is 0 Å². The van der Waals surface area contributed by atoms with Crippen molar-refractivity contribution < 1.29 is 5.11 Å². The molecule has 1 aromatic carbocycles. The smallest absolute Gasteiger partial charge is 0.122 e. The van der Waals surface area contributed by atoms with Crippen molar-refractivity contribution in [3.63, 3.8) is 0 Å². The normalized spacial score (nSPS) is 20.9. The molecule has 0 saturated carbocycles. The number of benzene rings is 1. The highest BCUT2D eigenvalue weighted by atomic mass is 16.3. The molecule has 0 spiro atoms. The molecule has 1 aliphatic heterocycles. The predicted octanol–water partition coefficient (Wildman–Crippen LogP) is 3.83. The van der Waals surface area contributed by atoms with Gasteiger partial charge in [-0.2, -0.15) is 0 Å². The molecular formula is C17H28N2O. The third-order valence-electron chi connectivity index (χ3n) is 4.49. The third-order valence-corrected chi connectivity index (χ3v) is 4.49. The zero-order chi connectivity index (χ0) is 14.5. The fraction of sp³-hybridized carbons (Fsp3) is 0.647. The van der Waals surface area contributed by atoms with Crippen LogP contribution in [0, 0.1) is 0 Å². The fourth-order valence-corrected chi connectivity index (χ4v) is 3.21. The molecule has 1 aromatic rings. The lowest BCUT2D eigenvalue weighted by Crippen LogP contribution is -2.39. The van der Waals surface area contributed by atoms with Gasteiger partial charge in [0.15, 0.2) is 0 Å². The Hall–Kier alpha value is -1.22. The first-order chi connectivity index (χ1) is 9.67. The minimum Gasteiger partial charge on any atom is -0.508 e. The number of piperidine rings is 1. The minimum atomic E-state index is 0.178. The van der Waals surface area contributed by atoms with Crippen molar-refractivity contribution in [2.45, 2.75) is 58.0 Å². The zero-order valence-corrected chi connectivity index (χ0v) is 13.0. The van der Waals surface area contributed by atoms with Crippen molar-refractivity contribution >= 4 is 5.69 Å². The van der Waals surface area contributed by atoms with Crippen LogP contribution in [0.2, 0.25) is 0 Å². The van der Waals surface area contributed by atoms with Gasteiger partial charge in [-0.15, -0.1) is 0 Å². The lowest BCUT2D eigenvalue weighted by Gasteiger charge is -2.38. The summed E-state index contributed by atoms with van der Waals surface area (Å²) in [7, 11) is 1.92. The summed E-state index contributed by atoms with van der Waals surface area (Å²) in [5, 5.41) is 13.4. The van der Waals surface area contributed by atoms with E-state index in [9.17, 15) is 5.11 Å². The molecule has 20 heavy (non-hydrogen) atoms. The Morgan fingerprint density at radius 1 is 1.40 bits per heavy atom. The molecule has 0 bridgehead atoms. The summed E-state index contributed by atoms with van der Waals surface area (Å²) in [5.41, 5.74) is 2.15. The Morgan fingerprint density at radius 2 is 2.20 bits per heavy atom. The highest BCUT2D eigenvalue weighted by Crippen LogP contribution is 2.33. The highest BCUT2D eigenvalue weighted by Gasteiger charge is 2.22. The van der Waals surface area contributed by atoms with Gasteiger partial charge in [-0.3, -0.25) is 0 Å². The lowest BCUT2D eigenvalue weighted by molar-refractivity contribution is 0.431. The molecule has 1 heterocycles. The molecule has 3 nitrogen and oxygen atoms in total. The molecule has 1 fully saturated rings. The van der Waals surface area contributed by atoms with Gasteiger partial charge < -0.3 is 15.3 Å². The number of phenols is 1. The van der Waals surface area contributed by atoms with E-state index in [1.165, 1.54) is 37.8 Å². The number of rotatable bonds is 5. The predicted molar refractivity (Wildman–Crippen MR) is 85.5 cm³/mol. The van der Waals surface area contributed by atoms with Gasteiger partial charge >= 0.3 is 0 Å². The van der Waals surface area contributed by atoms with Crippen LogP contribution in [0.1, 0.15) is 57.6 Å². The van der Waals surface area contributed by atoms with Gasteiger partial charge in [-0.1, -0.05) is 19.4 Å². The van der Waals surface area contributed by atoms with E-state index in [2.05, 4.69) is 36.2 Å². The quantitative estimate of drug-likeness (QED) is 0.858. The van der Waals surface area contributed by atoms with Gasteiger partial charge in [-0.25, -0.2) is 0 Å². The minimum absolute atomic E-state index is 0.178. The molecule has 2 N–H and O–H groups in total. The third kappa shape index (κ3) is 3.26. The van der Waals surface area contributed by atoms with Crippen LogP contribution >= 0.6 is 0 Å². The molecular weight excluding hydrogens is 248 g/mol. The number of anilines is 1. The molecule has 0 aliphatic carbocycles. The van der Waals surface area contributed by atoms with Crippen LogP contribution in [0.25, 0.3) is 0 Å².